The van der Waals surface area contributed by atoms with Crippen LogP contribution in [0.15, 0.2) is 23.2 Å². The smallest absolute Gasteiger partial charge is 0.328 e. The fraction of sp³-hybridized carbons (Fsp3) is 0.556. The minimum absolute atomic E-state index is 0.191. The summed E-state index contributed by atoms with van der Waals surface area (Å²) in [4.78, 5) is 18.6. The van der Waals surface area contributed by atoms with Crippen LogP contribution in [0.2, 0.25) is 0 Å². The number of nitrogens with two attached hydrogens (primary N) is 1. The van der Waals surface area contributed by atoms with E-state index < -0.39 is 0 Å². The van der Waals surface area contributed by atoms with Crippen LogP contribution in [-0.4, -0.2) is 25.1 Å². The van der Waals surface area contributed by atoms with Gasteiger partial charge in [0, 0.05) is 13.1 Å². The number of rotatable bonds is 7. The summed E-state index contributed by atoms with van der Waals surface area (Å²) >= 11 is 0. The Morgan fingerprint density at radius 3 is 2.35 bits per heavy atom. The number of aliphatic imine (C=N–C) groups is 1. The highest BCUT2D eigenvalue weighted by molar-refractivity contribution is 6.03. The molecular weight excluding hydrogens is 288 g/mol. The molecule has 1 aromatic rings. The number of urea groups is 1. The molecule has 0 radical (unpaired) electrons. The summed E-state index contributed by atoms with van der Waals surface area (Å²) in [5.74, 6) is 0.191. The van der Waals surface area contributed by atoms with Gasteiger partial charge in [-0.25, -0.2) is 4.79 Å². The number of guanidine groups is 1. The molecule has 2 amide bonds. The van der Waals surface area contributed by atoms with Crippen LogP contribution in [0.3, 0.4) is 0 Å². The van der Waals surface area contributed by atoms with Gasteiger partial charge in [0.15, 0.2) is 5.96 Å². The maximum absolute atomic E-state index is 12.7. The Hall–Kier alpha value is -2.04. The van der Waals surface area contributed by atoms with Crippen LogP contribution >= 0.6 is 0 Å². The van der Waals surface area contributed by atoms with Crippen molar-refractivity contribution in [3.05, 3.63) is 29.3 Å². The maximum Gasteiger partial charge on any atom is 0.328 e. The Labute approximate surface area is 140 Å². The van der Waals surface area contributed by atoms with Crippen molar-refractivity contribution in [2.24, 2.45) is 10.7 Å². The largest absolute Gasteiger partial charge is 0.370 e. The first kappa shape index (κ1) is 19.0. The van der Waals surface area contributed by atoms with Gasteiger partial charge < -0.3 is 5.73 Å². The number of benzene rings is 1. The van der Waals surface area contributed by atoms with Gasteiger partial charge in [0.25, 0.3) is 0 Å². The van der Waals surface area contributed by atoms with Gasteiger partial charge >= 0.3 is 6.03 Å². The van der Waals surface area contributed by atoms with Gasteiger partial charge in [0.1, 0.15) is 0 Å². The molecule has 1 aromatic carbocycles. The van der Waals surface area contributed by atoms with Gasteiger partial charge in [-0.3, -0.25) is 15.2 Å². The van der Waals surface area contributed by atoms with Crippen LogP contribution in [-0.2, 0) is 0 Å². The van der Waals surface area contributed by atoms with Crippen LogP contribution in [0.25, 0.3) is 0 Å². The molecule has 0 saturated carbocycles. The minimum atomic E-state index is -0.214. The standard InChI is InChI=1S/C18H30N4O/c1-5-7-12-20-17(19)21-18(23)22(13-8-6-2)16-14(3)10-9-11-15(16)4/h9-11H,5-8,12-13H2,1-4H3,(H3,19,20,21,23). The lowest BCUT2D eigenvalue weighted by molar-refractivity contribution is 0.250. The van der Waals surface area contributed by atoms with Crippen molar-refractivity contribution in [3.63, 3.8) is 0 Å². The van der Waals surface area contributed by atoms with Crippen molar-refractivity contribution in [2.45, 2.75) is 53.4 Å². The van der Waals surface area contributed by atoms with E-state index in [1.54, 1.807) is 4.90 Å². The normalized spacial score (nSPS) is 11.4. The summed E-state index contributed by atoms with van der Waals surface area (Å²) in [5.41, 5.74) is 8.95. The Balaban J connectivity index is 2.93. The second-order valence-corrected chi connectivity index (χ2v) is 5.80. The number of carbonyl (C=O) groups excluding carboxylic acids is 1. The fourth-order valence-electron chi connectivity index (χ4n) is 2.44. The highest BCUT2D eigenvalue weighted by Gasteiger charge is 2.19. The highest BCUT2D eigenvalue weighted by atomic mass is 16.2. The molecule has 0 bridgehead atoms. The first-order chi connectivity index (χ1) is 11.0. The molecule has 0 unspecified atom stereocenters. The van der Waals surface area contributed by atoms with Crippen LogP contribution in [0, 0.1) is 13.8 Å². The predicted octanol–water partition coefficient (Wildman–Crippen LogP) is 3.73. The molecule has 0 atom stereocenters. The zero-order chi connectivity index (χ0) is 17.2. The quantitative estimate of drug-likeness (QED) is 0.457. The molecule has 0 spiro atoms. The number of nitrogens with one attached hydrogen (secondary N) is 1. The highest BCUT2D eigenvalue weighted by Crippen LogP contribution is 2.25. The Bertz CT molecular complexity index is 520. The number of unbranched alkanes of at least 4 members (excludes halogenated alkanes) is 2. The van der Waals surface area contributed by atoms with Crippen LogP contribution < -0.4 is 16.0 Å². The van der Waals surface area contributed by atoms with E-state index in [2.05, 4.69) is 24.2 Å². The van der Waals surface area contributed by atoms with Crippen molar-refractivity contribution in [1.29, 1.82) is 0 Å². The van der Waals surface area contributed by atoms with Crippen LogP contribution in [0.4, 0.5) is 10.5 Å². The zero-order valence-corrected chi connectivity index (χ0v) is 14.9. The number of amides is 2. The SMILES string of the molecule is CCCCN=C(N)NC(=O)N(CCCC)c1c(C)cccc1C. The van der Waals surface area contributed by atoms with Gasteiger partial charge in [-0.05, 0) is 37.8 Å². The monoisotopic (exact) mass is 318 g/mol. The topological polar surface area (TPSA) is 70.7 Å². The lowest BCUT2D eigenvalue weighted by Crippen LogP contribution is -2.47. The molecule has 1 rings (SSSR count). The maximum atomic E-state index is 12.7. The van der Waals surface area contributed by atoms with Gasteiger partial charge in [0.2, 0.25) is 0 Å². The average molecular weight is 318 g/mol. The third kappa shape index (κ3) is 5.93. The van der Waals surface area contributed by atoms with Gasteiger partial charge in [-0.2, -0.15) is 0 Å². The van der Waals surface area contributed by atoms with Gasteiger partial charge in [0.05, 0.1) is 5.69 Å². The van der Waals surface area contributed by atoms with E-state index in [4.69, 9.17) is 5.73 Å². The molecule has 0 aliphatic heterocycles. The van der Waals surface area contributed by atoms with Gasteiger partial charge in [-0.15, -0.1) is 0 Å². The van der Waals surface area contributed by atoms with Crippen molar-refractivity contribution >= 4 is 17.7 Å². The number of hydrogen-bond donors (Lipinski definition) is 2. The minimum Gasteiger partial charge on any atom is -0.370 e. The molecular formula is C18H30N4O. The van der Waals surface area contributed by atoms with E-state index in [-0.39, 0.29) is 12.0 Å². The predicted molar refractivity (Wildman–Crippen MR) is 98.1 cm³/mol. The van der Waals surface area contributed by atoms with Crippen molar-refractivity contribution < 1.29 is 4.79 Å². The van der Waals surface area contributed by atoms with E-state index in [1.807, 2.05) is 32.0 Å². The summed E-state index contributed by atoms with van der Waals surface area (Å²) in [6.07, 6.45) is 3.98. The first-order valence-electron chi connectivity index (χ1n) is 8.45. The number of para-hydroxylation sites is 1. The lowest BCUT2D eigenvalue weighted by atomic mass is 10.1. The molecule has 0 saturated heterocycles. The average Bonchev–Trinajstić information content (AvgIpc) is 2.50. The Morgan fingerprint density at radius 1 is 1.17 bits per heavy atom. The van der Waals surface area contributed by atoms with E-state index in [0.717, 1.165) is 42.5 Å². The van der Waals surface area contributed by atoms with Crippen molar-refractivity contribution in [3.8, 4) is 0 Å². The Morgan fingerprint density at radius 2 is 1.78 bits per heavy atom. The molecule has 0 aliphatic rings. The molecule has 23 heavy (non-hydrogen) atoms. The zero-order valence-electron chi connectivity index (χ0n) is 14.9. The summed E-state index contributed by atoms with van der Waals surface area (Å²) in [6.45, 7) is 9.55. The van der Waals surface area contributed by atoms with Crippen molar-refractivity contribution in [1.82, 2.24) is 5.32 Å². The number of hydrogen-bond acceptors (Lipinski definition) is 2. The number of carbonyl (C=O) groups is 1. The van der Waals surface area contributed by atoms with Gasteiger partial charge in [-0.1, -0.05) is 44.9 Å². The third-order valence-electron chi connectivity index (χ3n) is 3.72. The van der Waals surface area contributed by atoms with Crippen molar-refractivity contribution in [2.75, 3.05) is 18.0 Å². The van der Waals surface area contributed by atoms with E-state index in [0.29, 0.717) is 13.1 Å². The van der Waals surface area contributed by atoms with E-state index in [1.165, 1.54) is 0 Å². The van der Waals surface area contributed by atoms with Crippen LogP contribution in [0.5, 0.6) is 0 Å². The molecule has 0 aliphatic carbocycles. The van der Waals surface area contributed by atoms with Crippen LogP contribution in [0.1, 0.15) is 50.7 Å². The first-order valence-corrected chi connectivity index (χ1v) is 8.45. The second kappa shape index (κ2) is 9.87. The number of nitrogens with zero attached hydrogens (tertiary/aromatic N) is 2. The summed E-state index contributed by atoms with van der Waals surface area (Å²) in [7, 11) is 0. The molecule has 0 heterocycles. The van der Waals surface area contributed by atoms with E-state index in [9.17, 15) is 4.79 Å². The number of aryl methyl sites for hydroxylation is 2. The molecule has 5 heteroatoms. The molecule has 0 aromatic heterocycles. The number of anilines is 1. The lowest BCUT2D eigenvalue weighted by Gasteiger charge is -2.26. The van der Waals surface area contributed by atoms with E-state index >= 15 is 0 Å². The molecule has 0 fully saturated rings. The molecule has 3 N–H and O–H groups in total. The summed E-state index contributed by atoms with van der Waals surface area (Å²) in [6, 6.07) is 5.83. The second-order valence-electron chi connectivity index (χ2n) is 5.80. The Kier molecular flexibility index (Phi) is 8.16. The molecule has 5 nitrogen and oxygen atoms in total. The summed E-state index contributed by atoms with van der Waals surface area (Å²) < 4.78 is 0. The third-order valence-corrected chi connectivity index (χ3v) is 3.72. The molecule has 128 valence electrons. The summed E-state index contributed by atoms with van der Waals surface area (Å²) in [5, 5.41) is 2.72. The fourth-order valence-corrected chi connectivity index (χ4v) is 2.44.